The standard InChI is InChI=1S/C10H11ClF3NO5S/c1-6-8(21(11,17)18)4-7(20-6)9(16)15-2-3-19-5-10(12,13)14/h4H,2-3,5H2,1H3,(H,15,16). The highest BCUT2D eigenvalue weighted by Crippen LogP contribution is 2.23. The van der Waals surface area contributed by atoms with Crippen LogP contribution in [-0.2, 0) is 13.8 Å². The first-order chi connectivity index (χ1) is 9.50. The van der Waals surface area contributed by atoms with Gasteiger partial charge in [0.2, 0.25) is 0 Å². The van der Waals surface area contributed by atoms with Gasteiger partial charge >= 0.3 is 6.18 Å². The second-order valence-corrected chi connectivity index (χ2v) is 6.43. The summed E-state index contributed by atoms with van der Waals surface area (Å²) in [5.74, 6) is -1.17. The third kappa shape index (κ3) is 5.94. The molecule has 6 nitrogen and oxygen atoms in total. The molecule has 0 radical (unpaired) electrons. The first-order valence-electron chi connectivity index (χ1n) is 5.48. The quantitative estimate of drug-likeness (QED) is 0.625. The molecule has 1 N–H and O–H groups in total. The number of carbonyl (C=O) groups excluding carboxylic acids is 1. The van der Waals surface area contributed by atoms with Crippen molar-refractivity contribution in [3.05, 3.63) is 17.6 Å². The van der Waals surface area contributed by atoms with Gasteiger partial charge in [0.15, 0.2) is 5.76 Å². The Kier molecular flexibility index (Phi) is 5.65. The number of amides is 1. The van der Waals surface area contributed by atoms with Gasteiger partial charge in [0, 0.05) is 23.3 Å². The normalized spacial score (nSPS) is 12.4. The fraction of sp³-hybridized carbons (Fsp3) is 0.500. The lowest BCUT2D eigenvalue weighted by Gasteiger charge is -2.07. The van der Waals surface area contributed by atoms with E-state index in [2.05, 4.69) is 10.1 Å². The number of aryl methyl sites for hydroxylation is 1. The van der Waals surface area contributed by atoms with Crippen LogP contribution in [0.4, 0.5) is 13.2 Å². The highest BCUT2D eigenvalue weighted by Gasteiger charge is 2.27. The summed E-state index contributed by atoms with van der Waals surface area (Å²) in [5.41, 5.74) is 0. The molecule has 0 unspecified atom stereocenters. The third-order valence-electron chi connectivity index (χ3n) is 2.16. The van der Waals surface area contributed by atoms with E-state index in [4.69, 9.17) is 15.1 Å². The molecule has 1 rings (SSSR count). The summed E-state index contributed by atoms with van der Waals surface area (Å²) >= 11 is 0. The van der Waals surface area contributed by atoms with Gasteiger partial charge in [-0.05, 0) is 6.92 Å². The molecule has 0 aliphatic heterocycles. The summed E-state index contributed by atoms with van der Waals surface area (Å²) < 4.78 is 66.8. The lowest BCUT2D eigenvalue weighted by Crippen LogP contribution is -2.28. The summed E-state index contributed by atoms with van der Waals surface area (Å²) in [6.45, 7) is -0.668. The van der Waals surface area contributed by atoms with Gasteiger partial charge in [0.05, 0.1) is 6.61 Å². The molecule has 0 saturated heterocycles. The maximum absolute atomic E-state index is 11.8. The molecular weight excluding hydrogens is 339 g/mol. The molecule has 0 spiro atoms. The van der Waals surface area contributed by atoms with Crippen LogP contribution in [-0.4, -0.2) is 40.3 Å². The van der Waals surface area contributed by atoms with Crippen LogP contribution in [0.2, 0.25) is 0 Å². The number of hydrogen-bond acceptors (Lipinski definition) is 5. The summed E-state index contributed by atoms with van der Waals surface area (Å²) in [6, 6.07) is 0.934. The van der Waals surface area contributed by atoms with Crippen LogP contribution < -0.4 is 5.32 Å². The fourth-order valence-electron chi connectivity index (χ4n) is 1.33. The molecule has 0 aromatic carbocycles. The van der Waals surface area contributed by atoms with Crippen molar-refractivity contribution in [1.29, 1.82) is 0 Å². The van der Waals surface area contributed by atoms with Gasteiger partial charge in [-0.2, -0.15) is 13.2 Å². The summed E-state index contributed by atoms with van der Waals surface area (Å²) in [6.07, 6.45) is -4.44. The minimum Gasteiger partial charge on any atom is -0.455 e. The van der Waals surface area contributed by atoms with E-state index < -0.39 is 27.7 Å². The maximum atomic E-state index is 11.8. The fourth-order valence-corrected chi connectivity index (χ4v) is 2.42. The number of nitrogens with one attached hydrogen (secondary N) is 1. The molecule has 0 saturated carbocycles. The van der Waals surface area contributed by atoms with Crippen LogP contribution in [0.25, 0.3) is 0 Å². The van der Waals surface area contributed by atoms with E-state index in [-0.39, 0.29) is 29.6 Å². The van der Waals surface area contributed by atoms with Gasteiger partial charge in [0.25, 0.3) is 15.0 Å². The largest absolute Gasteiger partial charge is 0.455 e. The Balaban J connectivity index is 2.50. The summed E-state index contributed by atoms with van der Waals surface area (Å²) in [4.78, 5) is 11.2. The summed E-state index contributed by atoms with van der Waals surface area (Å²) in [5, 5.41) is 2.21. The monoisotopic (exact) mass is 349 g/mol. The Morgan fingerprint density at radius 2 is 2.10 bits per heavy atom. The average molecular weight is 350 g/mol. The first-order valence-corrected chi connectivity index (χ1v) is 7.79. The van der Waals surface area contributed by atoms with E-state index in [0.717, 1.165) is 6.07 Å². The molecule has 120 valence electrons. The number of ether oxygens (including phenoxy) is 1. The zero-order valence-corrected chi connectivity index (χ0v) is 12.2. The van der Waals surface area contributed by atoms with Gasteiger partial charge in [-0.1, -0.05) is 0 Å². The van der Waals surface area contributed by atoms with Crippen molar-refractivity contribution < 1.29 is 35.5 Å². The van der Waals surface area contributed by atoms with Gasteiger partial charge in [-0.3, -0.25) is 4.79 Å². The van der Waals surface area contributed by atoms with Crippen molar-refractivity contribution in [3.8, 4) is 0 Å². The second kappa shape index (κ2) is 6.67. The van der Waals surface area contributed by atoms with Crippen molar-refractivity contribution in [3.63, 3.8) is 0 Å². The molecule has 21 heavy (non-hydrogen) atoms. The van der Waals surface area contributed by atoms with Crippen molar-refractivity contribution in [2.75, 3.05) is 19.8 Å². The molecule has 0 fully saturated rings. The van der Waals surface area contributed by atoms with E-state index in [9.17, 15) is 26.4 Å². The van der Waals surface area contributed by atoms with Crippen LogP contribution in [0.5, 0.6) is 0 Å². The number of halogens is 4. The van der Waals surface area contributed by atoms with E-state index in [0.29, 0.717) is 0 Å². The van der Waals surface area contributed by atoms with Crippen molar-refractivity contribution >= 4 is 25.6 Å². The lowest BCUT2D eigenvalue weighted by molar-refractivity contribution is -0.173. The van der Waals surface area contributed by atoms with Gasteiger partial charge in [-0.15, -0.1) is 0 Å². The third-order valence-corrected chi connectivity index (χ3v) is 3.59. The highest BCUT2D eigenvalue weighted by molar-refractivity contribution is 8.13. The van der Waals surface area contributed by atoms with Gasteiger partial charge in [0.1, 0.15) is 17.3 Å². The number of alkyl halides is 3. The Morgan fingerprint density at radius 1 is 1.48 bits per heavy atom. The highest BCUT2D eigenvalue weighted by atomic mass is 35.7. The SMILES string of the molecule is Cc1oc(C(=O)NCCOCC(F)(F)F)cc1S(=O)(=O)Cl. The number of carbonyl (C=O) groups is 1. The number of rotatable bonds is 6. The van der Waals surface area contributed by atoms with E-state index in [1.165, 1.54) is 6.92 Å². The number of furan rings is 1. The predicted molar refractivity (Wildman–Crippen MR) is 65.7 cm³/mol. The van der Waals surface area contributed by atoms with Crippen molar-refractivity contribution in [1.82, 2.24) is 5.32 Å². The molecule has 0 atom stereocenters. The Labute approximate surface area is 122 Å². The predicted octanol–water partition coefficient (Wildman–Crippen LogP) is 1.82. The zero-order chi connectivity index (χ0) is 16.3. The molecule has 1 amide bonds. The van der Waals surface area contributed by atoms with E-state index in [1.807, 2.05) is 0 Å². The molecule has 11 heteroatoms. The molecule has 1 aromatic rings. The van der Waals surface area contributed by atoms with Crippen LogP contribution in [0.15, 0.2) is 15.4 Å². The van der Waals surface area contributed by atoms with Gasteiger partial charge in [-0.25, -0.2) is 8.42 Å². The van der Waals surface area contributed by atoms with Crippen LogP contribution in [0.1, 0.15) is 16.3 Å². The van der Waals surface area contributed by atoms with Crippen LogP contribution in [0.3, 0.4) is 0 Å². The molecular formula is C10H11ClF3NO5S. The molecule has 0 bridgehead atoms. The lowest BCUT2D eigenvalue weighted by atomic mass is 10.4. The van der Waals surface area contributed by atoms with E-state index in [1.54, 1.807) is 0 Å². The molecule has 0 aliphatic carbocycles. The zero-order valence-electron chi connectivity index (χ0n) is 10.7. The van der Waals surface area contributed by atoms with Crippen LogP contribution in [0, 0.1) is 6.92 Å². The second-order valence-electron chi connectivity index (χ2n) is 3.89. The molecule has 1 aromatic heterocycles. The van der Waals surface area contributed by atoms with E-state index >= 15 is 0 Å². The maximum Gasteiger partial charge on any atom is 0.411 e. The minimum atomic E-state index is -4.44. The van der Waals surface area contributed by atoms with Gasteiger partial charge < -0.3 is 14.5 Å². The smallest absolute Gasteiger partial charge is 0.411 e. The minimum absolute atomic E-state index is 0.0662. The molecule has 1 heterocycles. The van der Waals surface area contributed by atoms with Crippen molar-refractivity contribution in [2.45, 2.75) is 18.0 Å². The Hall–Kier alpha value is -1.26. The Morgan fingerprint density at radius 3 is 2.57 bits per heavy atom. The topological polar surface area (TPSA) is 85.6 Å². The van der Waals surface area contributed by atoms with Crippen LogP contribution >= 0.6 is 10.7 Å². The number of hydrogen-bond donors (Lipinski definition) is 1. The first kappa shape index (κ1) is 17.8. The average Bonchev–Trinajstić information content (AvgIpc) is 2.69. The summed E-state index contributed by atoms with van der Waals surface area (Å²) in [7, 11) is 1.08. The van der Waals surface area contributed by atoms with Crippen molar-refractivity contribution in [2.24, 2.45) is 0 Å². The Bertz CT molecular complexity index is 611. The molecule has 0 aliphatic rings.